The largest absolute Gasteiger partial charge is 0.452 e. The van der Waals surface area contributed by atoms with Crippen LogP contribution in [0.2, 0.25) is 0 Å². The summed E-state index contributed by atoms with van der Waals surface area (Å²) in [5.41, 5.74) is 2.11. The van der Waals surface area contributed by atoms with E-state index in [2.05, 4.69) is 11.8 Å². The Morgan fingerprint density at radius 3 is 2.80 bits per heavy atom. The van der Waals surface area contributed by atoms with Gasteiger partial charge in [-0.3, -0.25) is 4.79 Å². The molecule has 78 valence electrons. The second-order valence-corrected chi connectivity index (χ2v) is 3.13. The second kappa shape index (κ2) is 5.87. The van der Waals surface area contributed by atoms with E-state index >= 15 is 0 Å². The number of hydrogen-bond acceptors (Lipinski definition) is 2. The lowest BCUT2D eigenvalue weighted by Gasteiger charge is -1.96. The van der Waals surface area contributed by atoms with Crippen molar-refractivity contribution in [2.45, 2.75) is 20.3 Å². The number of aryl methyl sites for hydroxylation is 1. The predicted molar refractivity (Wildman–Crippen MR) is 59.3 cm³/mol. The van der Waals surface area contributed by atoms with E-state index < -0.39 is 0 Å². The standard InChI is InChI=1S/C13H14O2/c1-3-13(14)15-10-6-9-12-8-5-4-7-11(12)2/h4-5,7-8H,3,10H2,1-2H3. The van der Waals surface area contributed by atoms with Crippen molar-refractivity contribution in [1.82, 2.24) is 0 Å². The Morgan fingerprint density at radius 2 is 2.13 bits per heavy atom. The summed E-state index contributed by atoms with van der Waals surface area (Å²) in [5.74, 6) is 5.57. The van der Waals surface area contributed by atoms with E-state index in [1.54, 1.807) is 6.92 Å². The third-order valence-electron chi connectivity index (χ3n) is 1.96. The minimum Gasteiger partial charge on any atom is -0.452 e. The first-order valence-electron chi connectivity index (χ1n) is 4.94. The number of esters is 1. The van der Waals surface area contributed by atoms with E-state index in [0.717, 1.165) is 11.1 Å². The molecule has 0 aliphatic carbocycles. The fraction of sp³-hybridized carbons (Fsp3) is 0.308. The molecule has 0 atom stereocenters. The Balaban J connectivity index is 2.52. The zero-order valence-corrected chi connectivity index (χ0v) is 9.04. The zero-order valence-electron chi connectivity index (χ0n) is 9.04. The maximum absolute atomic E-state index is 10.8. The Bertz CT molecular complexity index is 396. The Morgan fingerprint density at radius 1 is 1.40 bits per heavy atom. The van der Waals surface area contributed by atoms with Gasteiger partial charge in [-0.15, -0.1) is 0 Å². The van der Waals surface area contributed by atoms with Crippen LogP contribution in [0.25, 0.3) is 0 Å². The Kier molecular flexibility index (Phi) is 4.43. The summed E-state index contributed by atoms with van der Waals surface area (Å²) >= 11 is 0. The summed E-state index contributed by atoms with van der Waals surface area (Å²) in [6.45, 7) is 3.93. The first kappa shape index (κ1) is 11.3. The smallest absolute Gasteiger partial charge is 0.306 e. The topological polar surface area (TPSA) is 26.3 Å². The van der Waals surface area contributed by atoms with Gasteiger partial charge >= 0.3 is 5.97 Å². The van der Waals surface area contributed by atoms with E-state index in [9.17, 15) is 4.79 Å². The quantitative estimate of drug-likeness (QED) is 0.543. The van der Waals surface area contributed by atoms with Crippen LogP contribution in [-0.2, 0) is 9.53 Å². The molecular formula is C13H14O2. The van der Waals surface area contributed by atoms with Crippen LogP contribution in [0.3, 0.4) is 0 Å². The van der Waals surface area contributed by atoms with Crippen LogP contribution >= 0.6 is 0 Å². The lowest BCUT2D eigenvalue weighted by Crippen LogP contribution is -2.01. The van der Waals surface area contributed by atoms with Crippen LogP contribution in [0.15, 0.2) is 24.3 Å². The van der Waals surface area contributed by atoms with Gasteiger partial charge in [-0.25, -0.2) is 0 Å². The minimum absolute atomic E-state index is 0.168. The molecule has 0 aliphatic rings. The average molecular weight is 202 g/mol. The highest BCUT2D eigenvalue weighted by Crippen LogP contribution is 2.04. The van der Waals surface area contributed by atoms with Crippen molar-refractivity contribution in [1.29, 1.82) is 0 Å². The molecule has 1 aromatic carbocycles. The van der Waals surface area contributed by atoms with Crippen molar-refractivity contribution in [2.24, 2.45) is 0 Å². The van der Waals surface area contributed by atoms with Gasteiger partial charge in [0.2, 0.25) is 0 Å². The number of hydrogen-bond donors (Lipinski definition) is 0. The third-order valence-corrected chi connectivity index (χ3v) is 1.96. The molecule has 0 saturated carbocycles. The summed E-state index contributed by atoms with van der Waals surface area (Å²) in [6.07, 6.45) is 0.395. The molecule has 0 amide bonds. The van der Waals surface area contributed by atoms with Crippen LogP contribution < -0.4 is 0 Å². The zero-order chi connectivity index (χ0) is 11.1. The molecule has 0 saturated heterocycles. The van der Waals surface area contributed by atoms with Gasteiger partial charge in [-0.05, 0) is 18.6 Å². The molecule has 2 heteroatoms. The van der Waals surface area contributed by atoms with Gasteiger partial charge in [-0.2, -0.15) is 0 Å². The van der Waals surface area contributed by atoms with E-state index in [1.807, 2.05) is 31.2 Å². The highest BCUT2D eigenvalue weighted by molar-refractivity contribution is 5.69. The maximum atomic E-state index is 10.8. The molecule has 0 spiro atoms. The fourth-order valence-electron chi connectivity index (χ4n) is 1.06. The van der Waals surface area contributed by atoms with Gasteiger partial charge < -0.3 is 4.74 Å². The lowest BCUT2D eigenvalue weighted by atomic mass is 10.1. The van der Waals surface area contributed by atoms with Crippen LogP contribution in [0.4, 0.5) is 0 Å². The van der Waals surface area contributed by atoms with Gasteiger partial charge in [0.1, 0.15) is 0 Å². The molecule has 0 aromatic heterocycles. The van der Waals surface area contributed by atoms with Crippen LogP contribution in [0, 0.1) is 18.8 Å². The lowest BCUT2D eigenvalue weighted by molar-refractivity contribution is -0.141. The van der Waals surface area contributed by atoms with Gasteiger partial charge in [0, 0.05) is 12.0 Å². The number of benzene rings is 1. The van der Waals surface area contributed by atoms with Crippen molar-refractivity contribution in [2.75, 3.05) is 6.61 Å². The summed E-state index contributed by atoms with van der Waals surface area (Å²) in [4.78, 5) is 10.8. The van der Waals surface area contributed by atoms with Crippen molar-refractivity contribution in [3.05, 3.63) is 35.4 Å². The third kappa shape index (κ3) is 3.86. The van der Waals surface area contributed by atoms with Gasteiger partial charge in [0.15, 0.2) is 6.61 Å². The molecule has 0 fully saturated rings. The molecule has 2 nitrogen and oxygen atoms in total. The molecule has 1 aromatic rings. The first-order chi connectivity index (χ1) is 7.24. The molecule has 15 heavy (non-hydrogen) atoms. The monoisotopic (exact) mass is 202 g/mol. The van der Waals surface area contributed by atoms with Crippen LogP contribution in [0.5, 0.6) is 0 Å². The summed E-state index contributed by atoms with van der Waals surface area (Å²) in [7, 11) is 0. The Hall–Kier alpha value is -1.75. The number of carbonyl (C=O) groups excluding carboxylic acids is 1. The molecule has 0 heterocycles. The predicted octanol–water partition coefficient (Wildman–Crippen LogP) is 2.30. The first-order valence-corrected chi connectivity index (χ1v) is 4.94. The average Bonchev–Trinajstić information content (AvgIpc) is 2.26. The highest BCUT2D eigenvalue weighted by atomic mass is 16.5. The maximum Gasteiger partial charge on any atom is 0.306 e. The van der Waals surface area contributed by atoms with Crippen molar-refractivity contribution in [3.8, 4) is 11.8 Å². The van der Waals surface area contributed by atoms with Gasteiger partial charge in [0.25, 0.3) is 0 Å². The molecule has 0 bridgehead atoms. The summed E-state index contributed by atoms with van der Waals surface area (Å²) < 4.78 is 4.84. The minimum atomic E-state index is -0.214. The van der Waals surface area contributed by atoms with Gasteiger partial charge in [-0.1, -0.05) is 37.0 Å². The Labute approximate surface area is 90.3 Å². The van der Waals surface area contributed by atoms with Crippen LogP contribution in [0.1, 0.15) is 24.5 Å². The van der Waals surface area contributed by atoms with E-state index in [1.165, 1.54) is 0 Å². The van der Waals surface area contributed by atoms with Gasteiger partial charge in [0.05, 0.1) is 0 Å². The highest BCUT2D eigenvalue weighted by Gasteiger charge is 1.94. The van der Waals surface area contributed by atoms with E-state index in [4.69, 9.17) is 4.74 Å². The number of ether oxygens (including phenoxy) is 1. The summed E-state index contributed by atoms with van der Waals surface area (Å²) in [5, 5.41) is 0. The molecule has 0 N–H and O–H groups in total. The molecule has 1 rings (SSSR count). The normalized spacial score (nSPS) is 8.93. The molecular weight excluding hydrogens is 188 g/mol. The molecule has 0 radical (unpaired) electrons. The van der Waals surface area contributed by atoms with E-state index in [0.29, 0.717) is 6.42 Å². The molecule has 0 unspecified atom stereocenters. The fourth-order valence-corrected chi connectivity index (χ4v) is 1.06. The van der Waals surface area contributed by atoms with Crippen LogP contribution in [-0.4, -0.2) is 12.6 Å². The molecule has 0 aliphatic heterocycles. The second-order valence-electron chi connectivity index (χ2n) is 3.13. The SMILES string of the molecule is CCC(=O)OCC#Cc1ccccc1C. The van der Waals surface area contributed by atoms with Crippen molar-refractivity contribution >= 4 is 5.97 Å². The number of rotatable bonds is 2. The van der Waals surface area contributed by atoms with Crippen molar-refractivity contribution < 1.29 is 9.53 Å². The van der Waals surface area contributed by atoms with E-state index in [-0.39, 0.29) is 12.6 Å². The number of carbonyl (C=O) groups is 1. The summed E-state index contributed by atoms with van der Waals surface area (Å²) in [6, 6.07) is 7.86. The van der Waals surface area contributed by atoms with Crippen molar-refractivity contribution in [3.63, 3.8) is 0 Å².